The van der Waals surface area contributed by atoms with E-state index in [1.54, 1.807) is 0 Å². The van der Waals surface area contributed by atoms with E-state index in [0.29, 0.717) is 6.04 Å². The fourth-order valence-corrected chi connectivity index (χ4v) is 3.10. The van der Waals surface area contributed by atoms with Gasteiger partial charge in [-0.15, -0.1) is 12.4 Å². The maximum atomic E-state index is 12.5. The molecule has 1 saturated heterocycles. The fourth-order valence-electron chi connectivity index (χ4n) is 3.10. The van der Waals surface area contributed by atoms with Gasteiger partial charge >= 0.3 is 0 Å². The largest absolute Gasteiger partial charge is 0.337 e. The van der Waals surface area contributed by atoms with E-state index in [0.717, 1.165) is 48.6 Å². The minimum atomic E-state index is 0. The predicted molar refractivity (Wildman–Crippen MR) is 97.9 cm³/mol. The minimum absolute atomic E-state index is 0. The summed E-state index contributed by atoms with van der Waals surface area (Å²) >= 11 is 0. The van der Waals surface area contributed by atoms with E-state index in [2.05, 4.69) is 23.4 Å². The van der Waals surface area contributed by atoms with Gasteiger partial charge in [-0.25, -0.2) is 0 Å². The van der Waals surface area contributed by atoms with Gasteiger partial charge in [0, 0.05) is 30.9 Å². The van der Waals surface area contributed by atoms with Gasteiger partial charge in [0.15, 0.2) is 0 Å². The number of likely N-dealkylation sites (N-methyl/N-ethyl adjacent to an activating group) is 1. The zero-order valence-corrected chi connectivity index (χ0v) is 15.3. The smallest absolute Gasteiger partial charge is 0.253 e. The van der Waals surface area contributed by atoms with Crippen LogP contribution in [0.5, 0.6) is 0 Å². The monoisotopic (exact) mass is 348 g/mol. The molecule has 0 saturated carbocycles. The van der Waals surface area contributed by atoms with Gasteiger partial charge in [0.1, 0.15) is 0 Å². The molecule has 24 heavy (non-hydrogen) atoms. The van der Waals surface area contributed by atoms with Crippen molar-refractivity contribution >= 4 is 18.3 Å². The number of hydrogen-bond acceptors (Lipinski definition) is 3. The average Bonchev–Trinajstić information content (AvgIpc) is 3.17. The molecule has 0 radical (unpaired) electrons. The molecule has 2 aromatic rings. The van der Waals surface area contributed by atoms with Crippen LogP contribution in [-0.2, 0) is 6.54 Å². The quantitative estimate of drug-likeness (QED) is 0.923. The summed E-state index contributed by atoms with van der Waals surface area (Å²) in [6.45, 7) is 6.67. The lowest BCUT2D eigenvalue weighted by Gasteiger charge is -2.23. The molecule has 0 bridgehead atoms. The highest BCUT2D eigenvalue weighted by Gasteiger charge is 2.23. The van der Waals surface area contributed by atoms with Gasteiger partial charge in [0.2, 0.25) is 0 Å². The Labute approximate surface area is 149 Å². The molecule has 1 atom stereocenters. The number of amides is 1. The first-order valence-electron chi connectivity index (χ1n) is 8.12. The van der Waals surface area contributed by atoms with E-state index in [1.807, 2.05) is 47.8 Å². The van der Waals surface area contributed by atoms with Crippen LogP contribution in [0.4, 0.5) is 0 Å². The van der Waals surface area contributed by atoms with E-state index < -0.39 is 0 Å². The fraction of sp³-hybridized carbons (Fsp3) is 0.444. The maximum Gasteiger partial charge on any atom is 0.253 e. The van der Waals surface area contributed by atoms with Crippen LogP contribution in [0.3, 0.4) is 0 Å². The molecule has 1 amide bonds. The normalized spacial score (nSPS) is 16.7. The van der Waals surface area contributed by atoms with Crippen molar-refractivity contribution in [3.05, 3.63) is 52.8 Å². The van der Waals surface area contributed by atoms with E-state index >= 15 is 0 Å². The number of nitrogens with zero attached hydrogens (tertiary/aromatic N) is 3. The number of nitrogens with one attached hydrogen (secondary N) is 1. The summed E-state index contributed by atoms with van der Waals surface area (Å²) in [5.74, 6) is 0.0939. The van der Waals surface area contributed by atoms with Crippen molar-refractivity contribution in [1.82, 2.24) is 20.0 Å². The number of benzene rings is 1. The Balaban J connectivity index is 0.00000208. The number of halogens is 1. The summed E-state index contributed by atoms with van der Waals surface area (Å²) in [7, 11) is 1.89. The van der Waals surface area contributed by atoms with Crippen molar-refractivity contribution in [3.63, 3.8) is 0 Å². The highest BCUT2D eigenvalue weighted by Crippen LogP contribution is 2.13. The number of aryl methyl sites for hydroxylation is 2. The zero-order chi connectivity index (χ0) is 16.4. The molecule has 1 N–H and O–H groups in total. The lowest BCUT2D eigenvalue weighted by Crippen LogP contribution is -2.38. The van der Waals surface area contributed by atoms with Crippen molar-refractivity contribution in [3.8, 4) is 0 Å². The van der Waals surface area contributed by atoms with Crippen molar-refractivity contribution in [1.29, 1.82) is 0 Å². The Bertz CT molecular complexity index is 690. The number of carbonyl (C=O) groups is 1. The summed E-state index contributed by atoms with van der Waals surface area (Å²) in [5.41, 5.74) is 4.08. The predicted octanol–water partition coefficient (Wildman–Crippen LogP) is 2.40. The van der Waals surface area contributed by atoms with Gasteiger partial charge in [-0.05, 0) is 50.6 Å². The van der Waals surface area contributed by atoms with Crippen LogP contribution in [0.1, 0.15) is 33.7 Å². The highest BCUT2D eigenvalue weighted by atomic mass is 35.5. The highest BCUT2D eigenvalue weighted by molar-refractivity contribution is 5.94. The Morgan fingerprint density at radius 3 is 2.58 bits per heavy atom. The van der Waals surface area contributed by atoms with Crippen LogP contribution in [0.15, 0.2) is 30.3 Å². The third-order valence-electron chi connectivity index (χ3n) is 4.54. The molecule has 1 unspecified atom stereocenters. The van der Waals surface area contributed by atoms with Gasteiger partial charge in [-0.2, -0.15) is 5.10 Å². The second-order valence-electron chi connectivity index (χ2n) is 6.34. The van der Waals surface area contributed by atoms with Gasteiger partial charge in [-0.1, -0.05) is 12.1 Å². The SMILES string of the molecule is Cc1cc(C)n(Cc2ccc(C(=O)N(C)C3CCNC3)cc2)n1.Cl. The van der Waals surface area contributed by atoms with Crippen LogP contribution < -0.4 is 5.32 Å². The molecule has 1 aromatic heterocycles. The second kappa shape index (κ2) is 7.81. The van der Waals surface area contributed by atoms with E-state index in [9.17, 15) is 4.79 Å². The van der Waals surface area contributed by atoms with E-state index in [-0.39, 0.29) is 18.3 Å². The molecular weight excluding hydrogens is 324 g/mol. The van der Waals surface area contributed by atoms with Crippen molar-refractivity contribution in [2.45, 2.75) is 32.9 Å². The maximum absolute atomic E-state index is 12.5. The second-order valence-corrected chi connectivity index (χ2v) is 6.34. The third kappa shape index (κ3) is 3.97. The lowest BCUT2D eigenvalue weighted by molar-refractivity contribution is 0.0744. The van der Waals surface area contributed by atoms with Crippen molar-refractivity contribution in [2.24, 2.45) is 0 Å². The van der Waals surface area contributed by atoms with Crippen molar-refractivity contribution < 1.29 is 4.79 Å². The molecule has 5 nitrogen and oxygen atoms in total. The van der Waals surface area contributed by atoms with Gasteiger partial charge in [0.05, 0.1) is 12.2 Å². The molecule has 0 aliphatic carbocycles. The number of carbonyl (C=O) groups excluding carboxylic acids is 1. The Hall–Kier alpha value is -1.85. The summed E-state index contributed by atoms with van der Waals surface area (Å²) in [5, 5.41) is 7.78. The number of aromatic nitrogens is 2. The molecule has 3 rings (SSSR count). The molecule has 1 aliphatic heterocycles. The van der Waals surface area contributed by atoms with Gasteiger partial charge < -0.3 is 10.2 Å². The van der Waals surface area contributed by atoms with E-state index in [1.165, 1.54) is 0 Å². The molecule has 1 aromatic carbocycles. The van der Waals surface area contributed by atoms with Crippen LogP contribution in [-0.4, -0.2) is 46.8 Å². The first-order valence-corrected chi connectivity index (χ1v) is 8.12. The van der Waals surface area contributed by atoms with Crippen molar-refractivity contribution in [2.75, 3.05) is 20.1 Å². The van der Waals surface area contributed by atoms with Gasteiger partial charge in [-0.3, -0.25) is 9.48 Å². The molecule has 0 spiro atoms. The summed E-state index contributed by atoms with van der Waals surface area (Å²) in [6, 6.07) is 10.2. The van der Waals surface area contributed by atoms with Crippen LogP contribution in [0.2, 0.25) is 0 Å². The standard InChI is InChI=1S/C18H24N4O.ClH/c1-13-10-14(2)22(20-13)12-15-4-6-16(7-5-15)18(23)21(3)17-8-9-19-11-17;/h4-7,10,17,19H,8-9,11-12H2,1-3H3;1H. The lowest BCUT2D eigenvalue weighted by atomic mass is 10.1. The summed E-state index contributed by atoms with van der Waals surface area (Å²) < 4.78 is 1.99. The summed E-state index contributed by atoms with van der Waals surface area (Å²) in [6.07, 6.45) is 1.03. The molecule has 1 aliphatic rings. The van der Waals surface area contributed by atoms with E-state index in [4.69, 9.17) is 0 Å². The average molecular weight is 349 g/mol. The van der Waals surface area contributed by atoms with Crippen LogP contribution >= 0.6 is 12.4 Å². The molecule has 6 heteroatoms. The zero-order valence-electron chi connectivity index (χ0n) is 14.5. The Morgan fingerprint density at radius 2 is 2.04 bits per heavy atom. The molecule has 130 valence electrons. The molecule has 1 fully saturated rings. The topological polar surface area (TPSA) is 50.2 Å². The van der Waals surface area contributed by atoms with Crippen LogP contribution in [0, 0.1) is 13.8 Å². The Morgan fingerprint density at radius 1 is 1.33 bits per heavy atom. The number of hydrogen-bond donors (Lipinski definition) is 1. The third-order valence-corrected chi connectivity index (χ3v) is 4.54. The van der Waals surface area contributed by atoms with Crippen LogP contribution in [0.25, 0.3) is 0 Å². The van der Waals surface area contributed by atoms with Gasteiger partial charge in [0.25, 0.3) is 5.91 Å². The first-order chi connectivity index (χ1) is 11.0. The molecular formula is C18H25ClN4O. The first kappa shape index (κ1) is 18.5. The Kier molecular flexibility index (Phi) is 6.02. The molecule has 2 heterocycles. The number of rotatable bonds is 4. The minimum Gasteiger partial charge on any atom is -0.337 e. The summed E-state index contributed by atoms with van der Waals surface area (Å²) in [4.78, 5) is 14.4.